The SMILES string of the molecule is CC(C)(C)[Si](C)(C)OCc1cccc(C#N)c1. The lowest BCUT2D eigenvalue weighted by Crippen LogP contribution is -2.40. The number of hydrogen-bond donors (Lipinski definition) is 0. The topological polar surface area (TPSA) is 33.0 Å². The Morgan fingerprint density at radius 1 is 1.29 bits per heavy atom. The highest BCUT2D eigenvalue weighted by Gasteiger charge is 2.36. The van der Waals surface area contributed by atoms with Gasteiger partial charge in [0, 0.05) is 0 Å². The molecule has 0 radical (unpaired) electrons. The predicted molar refractivity (Wildman–Crippen MR) is 73.1 cm³/mol. The highest BCUT2D eigenvalue weighted by atomic mass is 28.4. The lowest BCUT2D eigenvalue weighted by Gasteiger charge is -2.36. The van der Waals surface area contributed by atoms with Crippen LogP contribution in [0.3, 0.4) is 0 Å². The van der Waals surface area contributed by atoms with Gasteiger partial charge >= 0.3 is 0 Å². The van der Waals surface area contributed by atoms with E-state index < -0.39 is 8.32 Å². The molecule has 0 N–H and O–H groups in total. The van der Waals surface area contributed by atoms with E-state index in [1.165, 1.54) is 0 Å². The van der Waals surface area contributed by atoms with Gasteiger partial charge in [0.15, 0.2) is 8.32 Å². The van der Waals surface area contributed by atoms with Crippen molar-refractivity contribution in [3.8, 4) is 6.07 Å². The molecule has 0 saturated carbocycles. The number of hydrogen-bond acceptors (Lipinski definition) is 2. The highest BCUT2D eigenvalue weighted by molar-refractivity contribution is 6.74. The van der Waals surface area contributed by atoms with Crippen molar-refractivity contribution in [3.05, 3.63) is 35.4 Å². The third-order valence-electron chi connectivity index (χ3n) is 3.46. The summed E-state index contributed by atoms with van der Waals surface area (Å²) in [5.41, 5.74) is 1.77. The molecule has 0 aliphatic rings. The predicted octanol–water partition coefficient (Wildman–Crippen LogP) is 4.08. The van der Waals surface area contributed by atoms with Crippen LogP contribution in [0.5, 0.6) is 0 Å². The molecule has 1 aromatic rings. The smallest absolute Gasteiger partial charge is 0.192 e. The summed E-state index contributed by atoms with van der Waals surface area (Å²) in [5, 5.41) is 9.06. The van der Waals surface area contributed by atoms with Crippen LogP contribution in [0.25, 0.3) is 0 Å². The zero-order chi connectivity index (χ0) is 13.1. The quantitative estimate of drug-likeness (QED) is 0.754. The van der Waals surface area contributed by atoms with E-state index in [-0.39, 0.29) is 5.04 Å². The molecule has 92 valence electrons. The second-order valence-corrected chi connectivity index (χ2v) is 10.7. The molecule has 0 aliphatic carbocycles. The number of rotatable bonds is 3. The maximum absolute atomic E-state index is 8.84. The lowest BCUT2D eigenvalue weighted by atomic mass is 10.1. The Morgan fingerprint density at radius 2 is 1.94 bits per heavy atom. The molecule has 0 saturated heterocycles. The summed E-state index contributed by atoms with van der Waals surface area (Å²) in [6.45, 7) is 11.8. The molecule has 3 heteroatoms. The van der Waals surface area contributed by atoms with E-state index in [9.17, 15) is 0 Å². The van der Waals surface area contributed by atoms with Gasteiger partial charge in [-0.2, -0.15) is 5.26 Å². The van der Waals surface area contributed by atoms with Gasteiger partial charge in [0.05, 0.1) is 18.2 Å². The fraction of sp³-hybridized carbons (Fsp3) is 0.500. The van der Waals surface area contributed by atoms with Crippen LogP contribution >= 0.6 is 0 Å². The third-order valence-corrected chi connectivity index (χ3v) is 7.94. The largest absolute Gasteiger partial charge is 0.413 e. The molecule has 0 spiro atoms. The van der Waals surface area contributed by atoms with E-state index in [0.29, 0.717) is 12.2 Å². The number of nitrogens with zero attached hydrogens (tertiary/aromatic N) is 1. The van der Waals surface area contributed by atoms with Crippen LogP contribution in [0.2, 0.25) is 18.1 Å². The second-order valence-electron chi connectivity index (χ2n) is 5.86. The van der Waals surface area contributed by atoms with Gasteiger partial charge in [0.1, 0.15) is 0 Å². The van der Waals surface area contributed by atoms with E-state index in [2.05, 4.69) is 39.9 Å². The van der Waals surface area contributed by atoms with Gasteiger partial charge < -0.3 is 4.43 Å². The van der Waals surface area contributed by atoms with Gasteiger partial charge in [0.2, 0.25) is 0 Å². The molecular formula is C14H21NOSi. The van der Waals surface area contributed by atoms with Crippen molar-refractivity contribution in [3.63, 3.8) is 0 Å². The Balaban J connectivity index is 2.71. The van der Waals surface area contributed by atoms with Crippen molar-refractivity contribution >= 4 is 8.32 Å². The van der Waals surface area contributed by atoms with E-state index in [1.807, 2.05) is 24.3 Å². The van der Waals surface area contributed by atoms with Gasteiger partial charge in [-0.3, -0.25) is 0 Å². The fourth-order valence-corrected chi connectivity index (χ4v) is 2.17. The van der Waals surface area contributed by atoms with E-state index in [1.54, 1.807) is 0 Å². The van der Waals surface area contributed by atoms with Crippen LogP contribution in [-0.4, -0.2) is 8.32 Å². The molecule has 0 aromatic heterocycles. The Morgan fingerprint density at radius 3 is 2.47 bits per heavy atom. The summed E-state index contributed by atoms with van der Waals surface area (Å²) in [7, 11) is -1.70. The van der Waals surface area contributed by atoms with Crippen LogP contribution in [0, 0.1) is 11.3 Å². The summed E-state index contributed by atoms with van der Waals surface area (Å²) in [4.78, 5) is 0. The first-order chi connectivity index (χ1) is 7.76. The Labute approximate surface area is 105 Å². The Kier molecular flexibility index (Phi) is 4.13. The molecule has 0 bridgehead atoms. The van der Waals surface area contributed by atoms with Gasteiger partial charge in [-0.25, -0.2) is 0 Å². The van der Waals surface area contributed by atoms with Gasteiger partial charge in [-0.15, -0.1) is 0 Å². The molecule has 1 rings (SSSR count). The average Bonchev–Trinajstić information content (AvgIpc) is 2.25. The van der Waals surface area contributed by atoms with Crippen LogP contribution in [0.1, 0.15) is 31.9 Å². The zero-order valence-corrected chi connectivity index (χ0v) is 12.4. The standard InChI is InChI=1S/C14H21NOSi/c1-14(2,3)17(4,5)16-11-13-8-6-7-12(9-13)10-15/h6-9H,11H2,1-5H3. The molecule has 0 atom stereocenters. The maximum Gasteiger partial charge on any atom is 0.192 e. The van der Waals surface area contributed by atoms with Crippen LogP contribution in [0.4, 0.5) is 0 Å². The second kappa shape index (κ2) is 5.03. The normalized spacial score (nSPS) is 12.2. The minimum Gasteiger partial charge on any atom is -0.413 e. The molecule has 1 aromatic carbocycles. The van der Waals surface area contributed by atoms with Gasteiger partial charge in [-0.1, -0.05) is 32.9 Å². The zero-order valence-electron chi connectivity index (χ0n) is 11.4. The van der Waals surface area contributed by atoms with Crippen molar-refractivity contribution in [2.24, 2.45) is 0 Å². The van der Waals surface area contributed by atoms with E-state index in [0.717, 1.165) is 5.56 Å². The lowest BCUT2D eigenvalue weighted by molar-refractivity contribution is 0.276. The van der Waals surface area contributed by atoms with Crippen molar-refractivity contribution in [1.82, 2.24) is 0 Å². The van der Waals surface area contributed by atoms with Gasteiger partial charge in [-0.05, 0) is 35.8 Å². The summed E-state index contributed by atoms with van der Waals surface area (Å²) in [6, 6.07) is 9.78. The van der Waals surface area contributed by atoms with Crippen LogP contribution in [0.15, 0.2) is 24.3 Å². The highest BCUT2D eigenvalue weighted by Crippen LogP contribution is 2.37. The molecular weight excluding hydrogens is 226 g/mol. The minimum atomic E-state index is -1.70. The minimum absolute atomic E-state index is 0.222. The third kappa shape index (κ3) is 3.69. The first-order valence-electron chi connectivity index (χ1n) is 5.89. The monoisotopic (exact) mass is 247 g/mol. The van der Waals surface area contributed by atoms with Gasteiger partial charge in [0.25, 0.3) is 0 Å². The molecule has 0 heterocycles. The molecule has 0 aliphatic heterocycles. The molecule has 0 fully saturated rings. The molecule has 0 unspecified atom stereocenters. The van der Waals surface area contributed by atoms with E-state index >= 15 is 0 Å². The summed E-state index contributed by atoms with van der Waals surface area (Å²) >= 11 is 0. The van der Waals surface area contributed by atoms with Crippen molar-refractivity contribution in [2.45, 2.75) is 45.5 Å². The Hall–Kier alpha value is -1.11. The van der Waals surface area contributed by atoms with E-state index in [4.69, 9.17) is 9.69 Å². The molecule has 0 amide bonds. The molecule has 17 heavy (non-hydrogen) atoms. The Bertz CT molecular complexity index is 427. The fourth-order valence-electron chi connectivity index (χ4n) is 1.21. The summed E-state index contributed by atoms with van der Waals surface area (Å²) in [5.74, 6) is 0. The maximum atomic E-state index is 8.84. The number of benzene rings is 1. The summed E-state index contributed by atoms with van der Waals surface area (Å²) in [6.07, 6.45) is 0. The molecule has 2 nitrogen and oxygen atoms in total. The van der Waals surface area contributed by atoms with Crippen molar-refractivity contribution < 1.29 is 4.43 Å². The first-order valence-corrected chi connectivity index (χ1v) is 8.80. The average molecular weight is 247 g/mol. The first kappa shape index (κ1) is 13.9. The van der Waals surface area contributed by atoms with Crippen molar-refractivity contribution in [1.29, 1.82) is 5.26 Å². The summed E-state index contributed by atoms with van der Waals surface area (Å²) < 4.78 is 6.11. The van der Waals surface area contributed by atoms with Crippen LogP contribution < -0.4 is 0 Å². The number of nitriles is 1. The van der Waals surface area contributed by atoms with Crippen molar-refractivity contribution in [2.75, 3.05) is 0 Å². The van der Waals surface area contributed by atoms with Crippen LogP contribution in [-0.2, 0) is 11.0 Å².